The van der Waals surface area contributed by atoms with E-state index in [0.29, 0.717) is 63.7 Å². The number of halogens is 1. The number of nitrogens with zero attached hydrogens (tertiary/aromatic N) is 4. The molecule has 2 aromatic rings. The van der Waals surface area contributed by atoms with Crippen molar-refractivity contribution in [2.75, 3.05) is 64.6 Å². The molecule has 2 fully saturated rings. The second kappa shape index (κ2) is 19.2. The van der Waals surface area contributed by atoms with Gasteiger partial charge in [0.15, 0.2) is 0 Å². The van der Waals surface area contributed by atoms with Crippen LogP contribution < -0.4 is 21.3 Å². The average Bonchev–Trinajstić information content (AvgIpc) is 3.80. The molecule has 0 spiro atoms. The highest BCUT2D eigenvalue weighted by molar-refractivity contribution is 6.33. The van der Waals surface area contributed by atoms with Gasteiger partial charge >= 0.3 is 6.09 Å². The third-order valence-electron chi connectivity index (χ3n) is 8.08. The number of ether oxygens (including phenoxy) is 4. The lowest BCUT2D eigenvalue weighted by molar-refractivity contribution is -0.120. The van der Waals surface area contributed by atoms with E-state index in [1.807, 2.05) is 38.7 Å². The highest BCUT2D eigenvalue weighted by Crippen LogP contribution is 2.37. The molecule has 4 rings (SSSR count). The van der Waals surface area contributed by atoms with Crippen LogP contribution in [0.15, 0.2) is 12.4 Å². The summed E-state index contributed by atoms with van der Waals surface area (Å²) in [6.45, 7) is 9.03. The molecule has 2 amide bonds. The van der Waals surface area contributed by atoms with Crippen molar-refractivity contribution < 1.29 is 28.5 Å². The average molecular weight is 693 g/mol. The van der Waals surface area contributed by atoms with Gasteiger partial charge in [0.25, 0.3) is 0 Å². The largest absolute Gasteiger partial charge is 0.444 e. The maximum Gasteiger partial charge on any atom is 0.407 e. The van der Waals surface area contributed by atoms with Gasteiger partial charge in [-0.3, -0.25) is 9.48 Å². The van der Waals surface area contributed by atoms with Gasteiger partial charge in [0.05, 0.1) is 69.3 Å². The van der Waals surface area contributed by atoms with E-state index in [1.54, 1.807) is 6.20 Å². The molecule has 0 radical (unpaired) electrons. The maximum atomic E-state index is 12.3. The molecule has 0 saturated heterocycles. The maximum absolute atomic E-state index is 12.3. The molecular formula is C33H53ClN8O6. The van der Waals surface area contributed by atoms with Crippen molar-refractivity contribution in [3.05, 3.63) is 23.1 Å². The van der Waals surface area contributed by atoms with Crippen molar-refractivity contribution >= 4 is 29.5 Å². The third kappa shape index (κ3) is 13.8. The van der Waals surface area contributed by atoms with Gasteiger partial charge in [-0.05, 0) is 71.6 Å². The van der Waals surface area contributed by atoms with E-state index in [2.05, 4.69) is 31.3 Å². The SMILES string of the molecule is Cn1ncc(-c2nc(NC3CCC(NCC(=O)NCCOCCOCCOCCNC(=O)OC(C)(C)C)CC3)ncc2Cl)c1CC1CC1. The molecule has 0 aromatic carbocycles. The molecular weight excluding hydrogens is 640 g/mol. The number of carbonyl (C=O) groups is 2. The third-order valence-corrected chi connectivity index (χ3v) is 8.36. The van der Waals surface area contributed by atoms with Gasteiger partial charge in [0, 0.05) is 43.5 Å². The highest BCUT2D eigenvalue weighted by Gasteiger charge is 2.27. The first-order chi connectivity index (χ1) is 23.1. The van der Waals surface area contributed by atoms with Crippen molar-refractivity contribution in [2.24, 2.45) is 13.0 Å². The van der Waals surface area contributed by atoms with E-state index in [-0.39, 0.29) is 24.5 Å². The van der Waals surface area contributed by atoms with Crippen LogP contribution >= 0.6 is 11.6 Å². The molecule has 15 heteroatoms. The van der Waals surface area contributed by atoms with E-state index < -0.39 is 11.7 Å². The first kappa shape index (κ1) is 37.8. The predicted molar refractivity (Wildman–Crippen MR) is 183 cm³/mol. The van der Waals surface area contributed by atoms with Crippen LogP contribution in [0.5, 0.6) is 0 Å². The molecule has 14 nitrogen and oxygen atoms in total. The number of alkyl carbamates (subject to hydrolysis) is 1. The molecule has 2 aliphatic carbocycles. The standard InChI is InChI=1S/C33H53ClN8O6/c1-33(2,3)48-32(44)36-12-14-46-16-18-47-17-15-45-13-11-35-29(43)22-37-24-7-9-25(10-8-24)40-31-38-21-27(34)30(41-31)26-20-39-42(4)28(26)19-23-5-6-23/h20-21,23-25,37H,5-19,22H2,1-4H3,(H,35,43)(H,36,44)(H,38,40,41). The van der Waals surface area contributed by atoms with Crippen molar-refractivity contribution in [1.29, 1.82) is 0 Å². The predicted octanol–water partition coefficient (Wildman–Crippen LogP) is 3.49. The number of nitrogens with one attached hydrogen (secondary N) is 4. The fourth-order valence-corrected chi connectivity index (χ4v) is 5.58. The number of aryl methyl sites for hydroxylation is 1. The highest BCUT2D eigenvalue weighted by atomic mass is 35.5. The Morgan fingerprint density at radius 3 is 2.17 bits per heavy atom. The summed E-state index contributed by atoms with van der Waals surface area (Å²) in [7, 11) is 1.97. The minimum Gasteiger partial charge on any atom is -0.444 e. The molecule has 2 saturated carbocycles. The van der Waals surface area contributed by atoms with Crippen molar-refractivity contribution in [2.45, 2.75) is 83.4 Å². The number of hydrogen-bond acceptors (Lipinski definition) is 11. The van der Waals surface area contributed by atoms with Gasteiger partial charge in [-0.2, -0.15) is 5.10 Å². The van der Waals surface area contributed by atoms with E-state index in [1.165, 1.54) is 18.5 Å². The smallest absolute Gasteiger partial charge is 0.407 e. The van der Waals surface area contributed by atoms with Crippen LogP contribution in [0.25, 0.3) is 11.3 Å². The van der Waals surface area contributed by atoms with Crippen LogP contribution in [0, 0.1) is 5.92 Å². The van der Waals surface area contributed by atoms with Crippen LogP contribution in [0.2, 0.25) is 5.02 Å². The van der Waals surface area contributed by atoms with Gasteiger partial charge in [-0.1, -0.05) is 11.6 Å². The summed E-state index contributed by atoms with van der Waals surface area (Å²) < 4.78 is 23.5. The number of amides is 2. The summed E-state index contributed by atoms with van der Waals surface area (Å²) in [5.41, 5.74) is 2.35. The lowest BCUT2D eigenvalue weighted by Crippen LogP contribution is -2.43. The first-order valence-corrected chi connectivity index (χ1v) is 17.5. The zero-order chi connectivity index (χ0) is 34.4. The van der Waals surface area contributed by atoms with Gasteiger partial charge in [0.2, 0.25) is 11.9 Å². The topological polar surface area (TPSA) is 163 Å². The molecule has 268 valence electrons. The van der Waals surface area contributed by atoms with E-state index in [0.717, 1.165) is 49.3 Å². The van der Waals surface area contributed by atoms with Gasteiger partial charge < -0.3 is 40.2 Å². The van der Waals surface area contributed by atoms with Crippen LogP contribution in [0.4, 0.5) is 10.7 Å². The Morgan fingerprint density at radius 1 is 0.896 bits per heavy atom. The second-order valence-corrected chi connectivity index (χ2v) is 13.8. The lowest BCUT2D eigenvalue weighted by atomic mass is 9.91. The number of hydrogen-bond donors (Lipinski definition) is 4. The number of rotatable bonds is 20. The minimum absolute atomic E-state index is 0.0491. The lowest BCUT2D eigenvalue weighted by Gasteiger charge is -2.29. The molecule has 4 N–H and O–H groups in total. The van der Waals surface area contributed by atoms with Crippen molar-refractivity contribution in [3.63, 3.8) is 0 Å². The summed E-state index contributed by atoms with van der Waals surface area (Å²) in [5, 5.41) is 17.4. The normalized spacial score (nSPS) is 18.0. The van der Waals surface area contributed by atoms with Gasteiger partial charge in [-0.15, -0.1) is 0 Å². The number of carbonyl (C=O) groups excluding carboxylic acids is 2. The summed E-state index contributed by atoms with van der Waals surface area (Å²) in [6, 6.07) is 0.544. The fourth-order valence-electron chi connectivity index (χ4n) is 5.39. The fraction of sp³-hybridized carbons (Fsp3) is 0.727. The molecule has 2 aromatic heterocycles. The first-order valence-electron chi connectivity index (χ1n) is 17.1. The zero-order valence-electron chi connectivity index (χ0n) is 28.8. The molecule has 0 unspecified atom stereocenters. The quantitative estimate of drug-likeness (QED) is 0.150. The zero-order valence-corrected chi connectivity index (χ0v) is 29.6. The van der Waals surface area contributed by atoms with Crippen LogP contribution in [-0.2, 0) is 37.2 Å². The molecule has 2 heterocycles. The molecule has 48 heavy (non-hydrogen) atoms. The Hall–Kier alpha value is -3.04. The monoisotopic (exact) mass is 692 g/mol. The Balaban J connectivity index is 0.990. The van der Waals surface area contributed by atoms with E-state index in [4.69, 9.17) is 35.5 Å². The summed E-state index contributed by atoms with van der Waals surface area (Å²) >= 11 is 6.53. The molecule has 0 aliphatic heterocycles. The Labute approximate surface area is 288 Å². The molecule has 2 aliphatic rings. The summed E-state index contributed by atoms with van der Waals surface area (Å²) in [4.78, 5) is 33.1. The van der Waals surface area contributed by atoms with Gasteiger partial charge in [-0.25, -0.2) is 14.8 Å². The van der Waals surface area contributed by atoms with Crippen LogP contribution in [0.1, 0.15) is 65.0 Å². The molecule has 0 atom stereocenters. The second-order valence-electron chi connectivity index (χ2n) is 13.4. The summed E-state index contributed by atoms with van der Waals surface area (Å²) in [6.07, 6.45) is 10.4. The number of aromatic nitrogens is 4. The van der Waals surface area contributed by atoms with E-state index >= 15 is 0 Å². The Morgan fingerprint density at radius 2 is 1.52 bits per heavy atom. The van der Waals surface area contributed by atoms with Crippen LogP contribution in [0.3, 0.4) is 0 Å². The van der Waals surface area contributed by atoms with E-state index in [9.17, 15) is 9.59 Å². The Bertz CT molecular complexity index is 1290. The molecule has 0 bridgehead atoms. The Kier molecular flexibility index (Phi) is 15.1. The minimum atomic E-state index is -0.521. The number of anilines is 1. The van der Waals surface area contributed by atoms with Crippen molar-refractivity contribution in [3.8, 4) is 11.3 Å². The van der Waals surface area contributed by atoms with Gasteiger partial charge in [0.1, 0.15) is 5.60 Å². The summed E-state index contributed by atoms with van der Waals surface area (Å²) in [5.74, 6) is 1.26. The van der Waals surface area contributed by atoms with Crippen LogP contribution in [-0.4, -0.2) is 109 Å². The van der Waals surface area contributed by atoms with Crippen molar-refractivity contribution in [1.82, 2.24) is 35.7 Å².